The van der Waals surface area contributed by atoms with Crippen LogP contribution >= 0.6 is 11.6 Å². The van der Waals surface area contributed by atoms with E-state index in [0.717, 1.165) is 43.6 Å². The smallest absolute Gasteiger partial charge is 0.227 e. The van der Waals surface area contributed by atoms with E-state index in [-0.39, 0.29) is 23.4 Å². The Morgan fingerprint density at radius 2 is 1.42 bits per heavy atom. The lowest BCUT2D eigenvalue weighted by Gasteiger charge is -2.43. The van der Waals surface area contributed by atoms with Crippen LogP contribution in [0.15, 0.2) is 0 Å². The molecule has 7 heteroatoms. The van der Waals surface area contributed by atoms with Gasteiger partial charge in [-0.2, -0.15) is 4.98 Å². The molecule has 0 radical (unpaired) electrons. The first-order valence-electron chi connectivity index (χ1n) is 9.35. The van der Waals surface area contributed by atoms with Gasteiger partial charge in [0.15, 0.2) is 5.82 Å². The number of halogens is 1. The van der Waals surface area contributed by atoms with Crippen molar-refractivity contribution in [3.63, 3.8) is 0 Å². The van der Waals surface area contributed by atoms with E-state index in [1.807, 2.05) is 6.92 Å². The molecule has 0 aromatic carbocycles. The van der Waals surface area contributed by atoms with E-state index < -0.39 is 0 Å². The predicted octanol–water partition coefficient (Wildman–Crippen LogP) is 3.45. The van der Waals surface area contributed by atoms with Crippen molar-refractivity contribution >= 4 is 23.4 Å². The zero-order valence-electron chi connectivity index (χ0n) is 17.0. The summed E-state index contributed by atoms with van der Waals surface area (Å²) in [7, 11) is 0. The van der Waals surface area contributed by atoms with E-state index in [0.29, 0.717) is 5.02 Å². The fourth-order valence-electron chi connectivity index (χ4n) is 4.10. The molecule has 146 valence electrons. The third-order valence-corrected chi connectivity index (χ3v) is 5.15. The molecule has 0 unspecified atom stereocenters. The van der Waals surface area contributed by atoms with Gasteiger partial charge in [-0.15, -0.1) is 0 Å². The molecule has 2 atom stereocenters. The lowest BCUT2D eigenvalue weighted by atomic mass is 10.1. The highest BCUT2D eigenvalue weighted by atomic mass is 35.5. The van der Waals surface area contributed by atoms with E-state index in [1.54, 1.807) is 0 Å². The summed E-state index contributed by atoms with van der Waals surface area (Å²) in [5.74, 6) is 1.52. The van der Waals surface area contributed by atoms with Gasteiger partial charge in [0.05, 0.1) is 29.1 Å². The molecule has 1 aromatic rings. The normalized spacial score (nSPS) is 28.3. The van der Waals surface area contributed by atoms with Gasteiger partial charge in [-0.05, 0) is 48.5 Å². The van der Waals surface area contributed by atoms with E-state index >= 15 is 0 Å². The Labute approximate surface area is 161 Å². The summed E-state index contributed by atoms with van der Waals surface area (Å²) < 4.78 is 12.0. The Hall–Kier alpha value is -1.11. The Morgan fingerprint density at radius 1 is 0.923 bits per heavy atom. The number of anilines is 2. The summed E-state index contributed by atoms with van der Waals surface area (Å²) in [5, 5.41) is 0.624. The fourth-order valence-corrected chi connectivity index (χ4v) is 4.31. The number of aromatic nitrogens is 2. The molecule has 0 saturated carbocycles. The van der Waals surface area contributed by atoms with Gasteiger partial charge in [-0.25, -0.2) is 4.98 Å². The van der Waals surface area contributed by atoms with Crippen molar-refractivity contribution in [1.82, 2.24) is 9.97 Å². The molecule has 0 N–H and O–H groups in total. The van der Waals surface area contributed by atoms with Crippen molar-refractivity contribution < 1.29 is 9.47 Å². The van der Waals surface area contributed by atoms with Gasteiger partial charge >= 0.3 is 0 Å². The molecule has 0 aliphatic carbocycles. The molecule has 2 aliphatic heterocycles. The van der Waals surface area contributed by atoms with Crippen LogP contribution in [0.4, 0.5) is 11.8 Å². The van der Waals surface area contributed by atoms with Gasteiger partial charge in [0, 0.05) is 26.2 Å². The maximum absolute atomic E-state index is 6.61. The molecule has 3 heterocycles. The molecule has 0 bridgehead atoms. The van der Waals surface area contributed by atoms with Crippen LogP contribution in [0.3, 0.4) is 0 Å². The summed E-state index contributed by atoms with van der Waals surface area (Å²) in [6.07, 6.45) is 0.250. The van der Waals surface area contributed by atoms with Gasteiger partial charge in [0.2, 0.25) is 5.95 Å². The largest absolute Gasteiger partial charge is 0.369 e. The Morgan fingerprint density at radius 3 is 1.96 bits per heavy atom. The van der Waals surface area contributed by atoms with Gasteiger partial charge in [0.25, 0.3) is 0 Å². The Kier molecular flexibility index (Phi) is 5.14. The highest BCUT2D eigenvalue weighted by Gasteiger charge is 2.36. The van der Waals surface area contributed by atoms with Crippen LogP contribution in [0.1, 0.15) is 47.2 Å². The monoisotopic (exact) mass is 382 g/mol. The first kappa shape index (κ1) is 19.6. The Bertz CT molecular complexity index is 680. The number of nitrogens with zero attached hydrogens (tertiary/aromatic N) is 4. The van der Waals surface area contributed by atoms with Crippen molar-refractivity contribution in [1.29, 1.82) is 0 Å². The molecule has 0 spiro atoms. The fraction of sp³-hybridized carbons (Fsp3) is 0.789. The molecule has 3 rings (SSSR count). The van der Waals surface area contributed by atoms with Crippen LogP contribution < -0.4 is 9.80 Å². The van der Waals surface area contributed by atoms with Gasteiger partial charge in [-0.3, -0.25) is 0 Å². The first-order valence-corrected chi connectivity index (χ1v) is 9.73. The minimum Gasteiger partial charge on any atom is -0.369 e. The molecule has 2 fully saturated rings. The summed E-state index contributed by atoms with van der Waals surface area (Å²) in [6.45, 7) is 17.6. The molecule has 1 aromatic heterocycles. The zero-order chi connectivity index (χ0) is 19.3. The van der Waals surface area contributed by atoms with Crippen molar-refractivity contribution in [3.8, 4) is 0 Å². The van der Waals surface area contributed by atoms with Gasteiger partial charge < -0.3 is 19.3 Å². The van der Waals surface area contributed by atoms with Gasteiger partial charge in [0.1, 0.15) is 5.02 Å². The lowest BCUT2D eigenvalue weighted by molar-refractivity contribution is -0.0754. The number of morpholine rings is 2. The van der Waals surface area contributed by atoms with Crippen LogP contribution in [-0.4, -0.2) is 59.6 Å². The van der Waals surface area contributed by atoms with Crippen LogP contribution in [0.5, 0.6) is 0 Å². The van der Waals surface area contributed by atoms with Crippen LogP contribution in [0.2, 0.25) is 5.02 Å². The second-order valence-corrected chi connectivity index (χ2v) is 9.26. The molecule has 2 saturated heterocycles. The second kappa shape index (κ2) is 6.80. The summed E-state index contributed by atoms with van der Waals surface area (Å²) in [6, 6.07) is 0. The molecule has 2 aliphatic rings. The summed E-state index contributed by atoms with van der Waals surface area (Å²) >= 11 is 6.61. The zero-order valence-corrected chi connectivity index (χ0v) is 17.7. The third-order valence-electron chi connectivity index (χ3n) is 4.71. The minimum atomic E-state index is -0.241. The summed E-state index contributed by atoms with van der Waals surface area (Å²) in [4.78, 5) is 14.0. The van der Waals surface area contributed by atoms with E-state index in [1.165, 1.54) is 0 Å². The maximum Gasteiger partial charge on any atom is 0.227 e. The molecule has 0 amide bonds. The van der Waals surface area contributed by atoms with Crippen molar-refractivity contribution in [2.75, 3.05) is 36.0 Å². The topological polar surface area (TPSA) is 50.7 Å². The van der Waals surface area contributed by atoms with Gasteiger partial charge in [-0.1, -0.05) is 11.6 Å². The average molecular weight is 383 g/mol. The van der Waals surface area contributed by atoms with Crippen LogP contribution in [0.25, 0.3) is 0 Å². The molecular weight excluding hydrogens is 352 g/mol. The standard InChI is InChI=1S/C19H31ClN4O2/c1-12-8-23(10-18(4,5)25-12)16-15(20)14(3)21-17(22-16)24-9-13(2)26-19(6,7)11-24/h12-13H,8-11H2,1-7H3/t12-,13-/m0/s1. The maximum atomic E-state index is 6.61. The summed E-state index contributed by atoms with van der Waals surface area (Å²) in [5.41, 5.74) is 0.334. The highest BCUT2D eigenvalue weighted by Crippen LogP contribution is 2.33. The quantitative estimate of drug-likeness (QED) is 0.780. The highest BCUT2D eigenvalue weighted by molar-refractivity contribution is 6.33. The SMILES string of the molecule is Cc1nc(N2C[C@H](C)OC(C)(C)C2)nc(N2C[C@H](C)OC(C)(C)C2)c1Cl. The predicted molar refractivity (Wildman–Crippen MR) is 105 cm³/mol. The third kappa shape index (κ3) is 4.24. The van der Waals surface area contributed by atoms with Crippen LogP contribution in [0, 0.1) is 6.92 Å². The Balaban J connectivity index is 1.95. The van der Waals surface area contributed by atoms with Crippen molar-refractivity contribution in [2.24, 2.45) is 0 Å². The molecule has 26 heavy (non-hydrogen) atoms. The molecule has 6 nitrogen and oxygen atoms in total. The van der Waals surface area contributed by atoms with Crippen molar-refractivity contribution in [3.05, 3.63) is 10.7 Å². The van der Waals surface area contributed by atoms with E-state index in [2.05, 4.69) is 56.3 Å². The number of aryl methyl sites for hydroxylation is 1. The second-order valence-electron chi connectivity index (χ2n) is 8.88. The first-order chi connectivity index (χ1) is 12.0. The lowest BCUT2D eigenvalue weighted by Crippen LogP contribution is -2.53. The minimum absolute atomic E-state index is 0.121. The number of ether oxygens (including phenoxy) is 2. The molecular formula is C19H31ClN4O2. The number of hydrogen-bond acceptors (Lipinski definition) is 6. The van der Waals surface area contributed by atoms with Crippen molar-refractivity contribution in [2.45, 2.75) is 71.9 Å². The number of hydrogen-bond donors (Lipinski definition) is 0. The van der Waals surface area contributed by atoms with Crippen LogP contribution in [-0.2, 0) is 9.47 Å². The van der Waals surface area contributed by atoms with E-state index in [4.69, 9.17) is 26.1 Å². The van der Waals surface area contributed by atoms with E-state index in [9.17, 15) is 0 Å². The number of rotatable bonds is 2. The average Bonchev–Trinajstić information content (AvgIpc) is 2.45.